The summed E-state index contributed by atoms with van der Waals surface area (Å²) in [4.78, 5) is 4.07. The number of benzene rings is 1. The van der Waals surface area contributed by atoms with Crippen LogP contribution in [0.15, 0.2) is 36.8 Å². The maximum atomic E-state index is 12.9. The van der Waals surface area contributed by atoms with Gasteiger partial charge in [0.1, 0.15) is 5.82 Å². The van der Waals surface area contributed by atoms with E-state index in [0.717, 1.165) is 17.9 Å². The molecule has 2 rings (SSSR count). The summed E-state index contributed by atoms with van der Waals surface area (Å²) < 4.78 is 15.0. The van der Waals surface area contributed by atoms with Gasteiger partial charge in [0.05, 0.1) is 18.6 Å². The number of aryl methyl sites for hydroxylation is 1. The first kappa shape index (κ1) is 10.7. The van der Waals surface area contributed by atoms with Crippen LogP contribution in [0.5, 0.6) is 0 Å². The van der Waals surface area contributed by atoms with E-state index in [-0.39, 0.29) is 5.82 Å². The molecule has 3 nitrogen and oxygen atoms in total. The van der Waals surface area contributed by atoms with Crippen LogP contribution >= 0.6 is 0 Å². The molecule has 1 aromatic carbocycles. The number of aromatic nitrogens is 2. The number of anilines is 1. The molecule has 0 spiro atoms. The second-order valence-electron chi connectivity index (χ2n) is 3.53. The van der Waals surface area contributed by atoms with Crippen molar-refractivity contribution >= 4 is 5.69 Å². The molecule has 0 aliphatic rings. The molecule has 1 N–H and O–H groups in total. The van der Waals surface area contributed by atoms with Gasteiger partial charge >= 0.3 is 0 Å². The van der Waals surface area contributed by atoms with Gasteiger partial charge in [-0.15, -0.1) is 0 Å². The summed E-state index contributed by atoms with van der Waals surface area (Å²) in [6.45, 7) is 3.60. The Morgan fingerprint density at radius 2 is 2.31 bits per heavy atom. The van der Waals surface area contributed by atoms with E-state index < -0.39 is 0 Å². The first-order chi connectivity index (χ1) is 7.79. The van der Waals surface area contributed by atoms with Crippen LogP contribution in [0.25, 0.3) is 0 Å². The first-order valence-electron chi connectivity index (χ1n) is 5.28. The molecular formula is C12H14FN3. The predicted octanol–water partition coefficient (Wildman–Crippen LogP) is 2.65. The van der Waals surface area contributed by atoms with Crippen LogP contribution in [0.4, 0.5) is 10.1 Å². The van der Waals surface area contributed by atoms with Crippen LogP contribution in [-0.2, 0) is 13.1 Å². The van der Waals surface area contributed by atoms with Gasteiger partial charge in [-0.05, 0) is 25.1 Å². The molecule has 0 fully saturated rings. The molecule has 0 aliphatic heterocycles. The minimum Gasteiger partial charge on any atom is -0.379 e. The maximum Gasteiger partial charge on any atom is 0.125 e. The fourth-order valence-electron chi connectivity index (χ4n) is 1.57. The molecule has 0 saturated carbocycles. The minimum absolute atomic E-state index is 0.228. The number of halogens is 1. The summed E-state index contributed by atoms with van der Waals surface area (Å²) >= 11 is 0. The van der Waals surface area contributed by atoms with E-state index in [1.807, 2.05) is 16.8 Å². The van der Waals surface area contributed by atoms with Crippen molar-refractivity contribution in [1.29, 1.82) is 0 Å². The van der Waals surface area contributed by atoms with Crippen LogP contribution in [0.1, 0.15) is 12.6 Å². The highest BCUT2D eigenvalue weighted by atomic mass is 19.1. The van der Waals surface area contributed by atoms with Crippen molar-refractivity contribution in [2.75, 3.05) is 5.32 Å². The van der Waals surface area contributed by atoms with Crippen molar-refractivity contribution in [3.63, 3.8) is 0 Å². The molecule has 0 saturated heterocycles. The largest absolute Gasteiger partial charge is 0.379 e. The summed E-state index contributed by atoms with van der Waals surface area (Å²) in [5, 5.41) is 3.16. The van der Waals surface area contributed by atoms with E-state index in [1.54, 1.807) is 12.4 Å². The molecular weight excluding hydrogens is 205 g/mol. The number of imidazole rings is 1. The first-order valence-corrected chi connectivity index (χ1v) is 5.28. The number of hydrogen-bond acceptors (Lipinski definition) is 2. The Bertz CT molecular complexity index is 465. The number of rotatable bonds is 4. The molecule has 1 aromatic heterocycles. The van der Waals surface area contributed by atoms with E-state index in [2.05, 4.69) is 17.2 Å². The lowest BCUT2D eigenvalue weighted by Crippen LogP contribution is -2.05. The Morgan fingerprint density at radius 3 is 3.06 bits per heavy atom. The Morgan fingerprint density at radius 1 is 1.44 bits per heavy atom. The van der Waals surface area contributed by atoms with Crippen molar-refractivity contribution in [2.24, 2.45) is 0 Å². The van der Waals surface area contributed by atoms with Crippen molar-refractivity contribution in [1.82, 2.24) is 9.55 Å². The molecule has 16 heavy (non-hydrogen) atoms. The molecule has 0 aliphatic carbocycles. The molecule has 0 radical (unpaired) electrons. The van der Waals surface area contributed by atoms with Gasteiger partial charge in [-0.2, -0.15) is 0 Å². The van der Waals surface area contributed by atoms with E-state index in [9.17, 15) is 4.39 Å². The fourth-order valence-corrected chi connectivity index (χ4v) is 1.57. The van der Waals surface area contributed by atoms with Gasteiger partial charge in [-0.1, -0.05) is 6.07 Å². The standard InChI is InChI=1S/C12H14FN3/c1-2-16-9-14-7-12(16)8-15-11-5-3-4-10(13)6-11/h3-7,9,15H,2,8H2,1H3. The third kappa shape index (κ3) is 2.39. The van der Waals surface area contributed by atoms with Crippen LogP contribution in [-0.4, -0.2) is 9.55 Å². The zero-order chi connectivity index (χ0) is 11.4. The van der Waals surface area contributed by atoms with E-state index in [4.69, 9.17) is 0 Å². The van der Waals surface area contributed by atoms with Gasteiger partial charge < -0.3 is 9.88 Å². The van der Waals surface area contributed by atoms with Crippen molar-refractivity contribution in [3.05, 3.63) is 48.3 Å². The molecule has 2 aromatic rings. The SMILES string of the molecule is CCn1cncc1CNc1cccc(F)c1. The highest BCUT2D eigenvalue weighted by Crippen LogP contribution is 2.10. The van der Waals surface area contributed by atoms with E-state index in [0.29, 0.717) is 6.54 Å². The van der Waals surface area contributed by atoms with Gasteiger partial charge in [0.15, 0.2) is 0 Å². The number of nitrogens with zero attached hydrogens (tertiary/aromatic N) is 2. The third-order valence-corrected chi connectivity index (χ3v) is 2.44. The zero-order valence-electron chi connectivity index (χ0n) is 9.15. The molecule has 84 valence electrons. The molecule has 0 atom stereocenters. The quantitative estimate of drug-likeness (QED) is 0.856. The van der Waals surface area contributed by atoms with Crippen molar-refractivity contribution in [3.8, 4) is 0 Å². The lowest BCUT2D eigenvalue weighted by atomic mass is 10.3. The average molecular weight is 219 g/mol. The normalized spacial score (nSPS) is 10.4. The summed E-state index contributed by atoms with van der Waals surface area (Å²) in [5.74, 6) is -0.228. The summed E-state index contributed by atoms with van der Waals surface area (Å²) in [6, 6.07) is 6.44. The monoisotopic (exact) mass is 219 g/mol. The topological polar surface area (TPSA) is 29.9 Å². The highest BCUT2D eigenvalue weighted by Gasteiger charge is 2.00. The molecule has 0 bridgehead atoms. The van der Waals surface area contributed by atoms with Gasteiger partial charge in [-0.3, -0.25) is 0 Å². The van der Waals surface area contributed by atoms with Crippen molar-refractivity contribution in [2.45, 2.75) is 20.0 Å². The second kappa shape index (κ2) is 4.79. The lowest BCUT2D eigenvalue weighted by Gasteiger charge is -2.08. The highest BCUT2D eigenvalue weighted by molar-refractivity contribution is 5.43. The molecule has 0 amide bonds. The Labute approximate surface area is 93.9 Å². The minimum atomic E-state index is -0.228. The van der Waals surface area contributed by atoms with Crippen LogP contribution < -0.4 is 5.32 Å². The van der Waals surface area contributed by atoms with Crippen LogP contribution in [0.2, 0.25) is 0 Å². The zero-order valence-corrected chi connectivity index (χ0v) is 9.15. The summed E-state index contributed by atoms with van der Waals surface area (Å²) in [6.07, 6.45) is 3.61. The molecule has 0 unspecified atom stereocenters. The average Bonchev–Trinajstić information content (AvgIpc) is 2.74. The van der Waals surface area contributed by atoms with Crippen LogP contribution in [0, 0.1) is 5.82 Å². The smallest absolute Gasteiger partial charge is 0.125 e. The Kier molecular flexibility index (Phi) is 3.19. The van der Waals surface area contributed by atoms with Gasteiger partial charge in [0.25, 0.3) is 0 Å². The summed E-state index contributed by atoms with van der Waals surface area (Å²) in [5.41, 5.74) is 1.87. The molecule has 4 heteroatoms. The number of nitrogens with one attached hydrogen (secondary N) is 1. The lowest BCUT2D eigenvalue weighted by molar-refractivity contribution is 0.628. The van der Waals surface area contributed by atoms with E-state index in [1.165, 1.54) is 12.1 Å². The Hall–Kier alpha value is -1.84. The molecule has 1 heterocycles. The van der Waals surface area contributed by atoms with Crippen molar-refractivity contribution < 1.29 is 4.39 Å². The van der Waals surface area contributed by atoms with Gasteiger partial charge in [0, 0.05) is 18.4 Å². The second-order valence-corrected chi connectivity index (χ2v) is 3.53. The Balaban J connectivity index is 2.02. The predicted molar refractivity (Wildman–Crippen MR) is 61.6 cm³/mol. The van der Waals surface area contributed by atoms with E-state index >= 15 is 0 Å². The van der Waals surface area contributed by atoms with Crippen LogP contribution in [0.3, 0.4) is 0 Å². The van der Waals surface area contributed by atoms with Gasteiger partial charge in [0.2, 0.25) is 0 Å². The third-order valence-electron chi connectivity index (χ3n) is 2.44. The fraction of sp³-hybridized carbons (Fsp3) is 0.250. The summed E-state index contributed by atoms with van der Waals surface area (Å²) in [7, 11) is 0. The maximum absolute atomic E-state index is 12.9. The number of hydrogen-bond donors (Lipinski definition) is 1. The van der Waals surface area contributed by atoms with Gasteiger partial charge in [-0.25, -0.2) is 9.37 Å².